The maximum Gasteiger partial charge on any atom is 0.262 e. The summed E-state index contributed by atoms with van der Waals surface area (Å²) in [5.74, 6) is 0.370. The van der Waals surface area contributed by atoms with Crippen molar-refractivity contribution in [1.29, 1.82) is 5.26 Å². The van der Waals surface area contributed by atoms with Crippen LogP contribution < -0.4 is 10.1 Å². The molecule has 0 fully saturated rings. The van der Waals surface area contributed by atoms with Crippen LogP contribution in [0.1, 0.15) is 37.9 Å². The van der Waals surface area contributed by atoms with Crippen LogP contribution in [-0.2, 0) is 4.79 Å². The number of rotatable bonds is 6. The fourth-order valence-electron chi connectivity index (χ4n) is 2.33. The highest BCUT2D eigenvalue weighted by Gasteiger charge is 2.13. The van der Waals surface area contributed by atoms with E-state index in [2.05, 4.69) is 5.32 Å². The zero-order valence-corrected chi connectivity index (χ0v) is 14.7. The van der Waals surface area contributed by atoms with E-state index in [9.17, 15) is 10.1 Å². The smallest absolute Gasteiger partial charge is 0.262 e. The third-order valence-corrected chi connectivity index (χ3v) is 3.58. The Morgan fingerprint density at radius 2 is 1.72 bits per heavy atom. The number of nitriles is 1. The van der Waals surface area contributed by atoms with Gasteiger partial charge in [0.2, 0.25) is 0 Å². The summed E-state index contributed by atoms with van der Waals surface area (Å²) < 4.78 is 5.58. The Kier molecular flexibility index (Phi) is 6.36. The molecule has 0 bridgehead atoms. The van der Waals surface area contributed by atoms with Gasteiger partial charge in [-0.3, -0.25) is 4.79 Å². The van der Waals surface area contributed by atoms with Gasteiger partial charge in [0.15, 0.2) is 0 Å². The summed E-state index contributed by atoms with van der Waals surface area (Å²) in [6, 6.07) is 18.7. The first-order chi connectivity index (χ1) is 12.0. The predicted octanol–water partition coefficient (Wildman–Crippen LogP) is 4.26. The van der Waals surface area contributed by atoms with Crippen LogP contribution in [-0.4, -0.2) is 12.0 Å². The average Bonchev–Trinajstić information content (AvgIpc) is 2.61. The third-order valence-electron chi connectivity index (χ3n) is 3.58. The van der Waals surface area contributed by atoms with Crippen molar-refractivity contribution in [2.45, 2.75) is 32.9 Å². The molecular weight excluding hydrogens is 312 g/mol. The van der Waals surface area contributed by atoms with E-state index in [1.165, 1.54) is 0 Å². The molecule has 0 aliphatic carbocycles. The number of amides is 1. The second-order valence-corrected chi connectivity index (χ2v) is 6.01. The summed E-state index contributed by atoms with van der Waals surface area (Å²) in [6.45, 7) is 5.81. The molecule has 1 amide bonds. The van der Waals surface area contributed by atoms with E-state index in [1.54, 1.807) is 6.08 Å². The van der Waals surface area contributed by atoms with Crippen LogP contribution in [0.25, 0.3) is 6.08 Å². The van der Waals surface area contributed by atoms with Crippen LogP contribution in [0.2, 0.25) is 0 Å². The molecule has 0 radical (unpaired) electrons. The molecule has 1 unspecified atom stereocenters. The number of nitrogens with zero attached hydrogens (tertiary/aromatic N) is 1. The minimum atomic E-state index is -0.388. The lowest BCUT2D eigenvalue weighted by molar-refractivity contribution is -0.117. The van der Waals surface area contributed by atoms with Gasteiger partial charge in [0.25, 0.3) is 5.91 Å². The first-order valence-electron chi connectivity index (χ1n) is 8.24. The zero-order valence-electron chi connectivity index (χ0n) is 14.7. The molecule has 0 aliphatic heterocycles. The van der Waals surface area contributed by atoms with Gasteiger partial charge < -0.3 is 10.1 Å². The average molecular weight is 334 g/mol. The molecule has 0 aliphatic rings. The summed E-state index contributed by atoms with van der Waals surface area (Å²) in [7, 11) is 0. The summed E-state index contributed by atoms with van der Waals surface area (Å²) >= 11 is 0. The molecule has 0 heterocycles. The van der Waals surface area contributed by atoms with Gasteiger partial charge in [0.1, 0.15) is 17.4 Å². The molecule has 1 N–H and O–H groups in total. The molecular formula is C21H22N2O2. The van der Waals surface area contributed by atoms with Crippen LogP contribution in [0, 0.1) is 11.3 Å². The molecule has 2 rings (SSSR count). The Bertz CT molecular complexity index is 772. The molecule has 2 aromatic rings. The Morgan fingerprint density at radius 3 is 2.28 bits per heavy atom. The lowest BCUT2D eigenvalue weighted by Gasteiger charge is -2.13. The lowest BCUT2D eigenvalue weighted by Crippen LogP contribution is -2.27. The molecule has 4 heteroatoms. The molecule has 0 saturated heterocycles. The third kappa shape index (κ3) is 5.50. The highest BCUT2D eigenvalue weighted by Crippen LogP contribution is 2.17. The maximum absolute atomic E-state index is 12.3. The largest absolute Gasteiger partial charge is 0.491 e. The molecule has 0 spiro atoms. The summed E-state index contributed by atoms with van der Waals surface area (Å²) in [4.78, 5) is 12.3. The van der Waals surface area contributed by atoms with Crippen molar-refractivity contribution in [2.75, 3.05) is 0 Å². The van der Waals surface area contributed by atoms with Crippen LogP contribution >= 0.6 is 0 Å². The minimum absolute atomic E-state index is 0.0697. The zero-order chi connectivity index (χ0) is 18.2. The summed E-state index contributed by atoms with van der Waals surface area (Å²) in [5.41, 5.74) is 1.83. The fraction of sp³-hybridized carbons (Fsp3) is 0.238. The quantitative estimate of drug-likeness (QED) is 0.634. The Balaban J connectivity index is 2.09. The number of nitrogens with one attached hydrogen (secondary N) is 1. The highest BCUT2D eigenvalue weighted by atomic mass is 16.5. The molecule has 0 aromatic heterocycles. The Morgan fingerprint density at radius 1 is 1.08 bits per heavy atom. The Hall–Kier alpha value is -3.06. The molecule has 0 saturated carbocycles. The Labute approximate surface area is 148 Å². The van der Waals surface area contributed by atoms with Crippen molar-refractivity contribution in [3.63, 3.8) is 0 Å². The second-order valence-electron chi connectivity index (χ2n) is 6.01. The number of hydrogen-bond acceptors (Lipinski definition) is 3. The van der Waals surface area contributed by atoms with Crippen molar-refractivity contribution in [3.05, 3.63) is 71.3 Å². The number of benzene rings is 2. The van der Waals surface area contributed by atoms with Gasteiger partial charge in [-0.1, -0.05) is 42.5 Å². The van der Waals surface area contributed by atoms with Gasteiger partial charge in [-0.2, -0.15) is 5.26 Å². The number of carbonyl (C=O) groups is 1. The fourth-order valence-corrected chi connectivity index (χ4v) is 2.33. The van der Waals surface area contributed by atoms with Gasteiger partial charge in [0, 0.05) is 0 Å². The normalized spacial score (nSPS) is 12.4. The highest BCUT2D eigenvalue weighted by molar-refractivity contribution is 6.01. The van der Waals surface area contributed by atoms with E-state index in [0.29, 0.717) is 0 Å². The van der Waals surface area contributed by atoms with Crippen LogP contribution in [0.3, 0.4) is 0 Å². The lowest BCUT2D eigenvalue weighted by atomic mass is 10.1. The SMILES string of the molecule is CC(C)Oc1ccc(/C=C(\C#N)C(=O)NC(C)c2ccccc2)cc1. The van der Waals surface area contributed by atoms with Gasteiger partial charge in [0.05, 0.1) is 12.1 Å². The van der Waals surface area contributed by atoms with Crippen LogP contribution in [0.15, 0.2) is 60.2 Å². The standard InChI is InChI=1S/C21H22N2O2/c1-15(2)25-20-11-9-17(10-12-20)13-19(14-22)21(24)23-16(3)18-7-5-4-6-8-18/h4-13,15-16H,1-3H3,(H,23,24)/b19-13+. The van der Waals surface area contributed by atoms with E-state index in [-0.39, 0.29) is 23.6 Å². The summed E-state index contributed by atoms with van der Waals surface area (Å²) in [6.07, 6.45) is 1.67. The number of hydrogen-bond donors (Lipinski definition) is 1. The molecule has 128 valence electrons. The van der Waals surface area contributed by atoms with Gasteiger partial charge in [-0.05, 0) is 50.1 Å². The van der Waals surface area contributed by atoms with Gasteiger partial charge >= 0.3 is 0 Å². The topological polar surface area (TPSA) is 62.1 Å². The molecule has 1 atom stereocenters. The summed E-state index contributed by atoms with van der Waals surface area (Å²) in [5, 5.41) is 12.2. The van der Waals surface area contributed by atoms with E-state index in [0.717, 1.165) is 16.9 Å². The van der Waals surface area contributed by atoms with E-state index < -0.39 is 0 Å². The van der Waals surface area contributed by atoms with Crippen molar-refractivity contribution in [1.82, 2.24) is 5.32 Å². The van der Waals surface area contributed by atoms with Crippen molar-refractivity contribution < 1.29 is 9.53 Å². The molecule has 4 nitrogen and oxygen atoms in total. The second kappa shape index (κ2) is 8.70. The first-order valence-corrected chi connectivity index (χ1v) is 8.24. The van der Waals surface area contributed by atoms with Crippen molar-refractivity contribution in [3.8, 4) is 11.8 Å². The van der Waals surface area contributed by atoms with E-state index in [1.807, 2.05) is 81.4 Å². The van der Waals surface area contributed by atoms with E-state index in [4.69, 9.17) is 4.74 Å². The molecule has 2 aromatic carbocycles. The van der Waals surface area contributed by atoms with E-state index >= 15 is 0 Å². The predicted molar refractivity (Wildman–Crippen MR) is 98.8 cm³/mol. The maximum atomic E-state index is 12.3. The minimum Gasteiger partial charge on any atom is -0.491 e. The first kappa shape index (κ1) is 18.3. The number of carbonyl (C=O) groups excluding carboxylic acids is 1. The van der Waals surface area contributed by atoms with Crippen molar-refractivity contribution in [2.24, 2.45) is 0 Å². The van der Waals surface area contributed by atoms with Crippen molar-refractivity contribution >= 4 is 12.0 Å². The van der Waals surface area contributed by atoms with Gasteiger partial charge in [-0.25, -0.2) is 0 Å². The van der Waals surface area contributed by atoms with Crippen LogP contribution in [0.5, 0.6) is 5.75 Å². The van der Waals surface area contributed by atoms with Gasteiger partial charge in [-0.15, -0.1) is 0 Å². The van der Waals surface area contributed by atoms with Crippen LogP contribution in [0.4, 0.5) is 0 Å². The number of ether oxygens (including phenoxy) is 1. The molecule has 25 heavy (non-hydrogen) atoms. The monoisotopic (exact) mass is 334 g/mol.